The number of halogens is 1. The Bertz CT molecular complexity index is 182. The molecule has 2 fully saturated rings. The highest BCUT2D eigenvalue weighted by molar-refractivity contribution is 4.84. The first-order valence-electron chi connectivity index (χ1n) is 6.41. The molecule has 88 valence electrons. The monoisotopic (exact) mass is 214 g/mol. The predicted molar refractivity (Wildman–Crippen MR) is 60.9 cm³/mol. The lowest BCUT2D eigenvalue weighted by molar-refractivity contribution is 0.114. The van der Waals surface area contributed by atoms with Crippen LogP contribution in [0.2, 0.25) is 0 Å². The molecule has 1 atom stereocenters. The molecular weight excluding hydrogens is 191 g/mol. The van der Waals surface area contributed by atoms with Crippen LogP contribution in [0.4, 0.5) is 4.39 Å². The Kier molecular flexibility index (Phi) is 3.98. The molecule has 0 saturated carbocycles. The smallest absolute Gasteiger partial charge is 0.113 e. The summed E-state index contributed by atoms with van der Waals surface area (Å²) in [6, 6.07) is 0. The molecule has 0 amide bonds. The van der Waals surface area contributed by atoms with Gasteiger partial charge in [-0.25, -0.2) is 4.39 Å². The maximum absolute atomic E-state index is 14.4. The number of nitrogens with one attached hydrogen (secondary N) is 1. The highest BCUT2D eigenvalue weighted by atomic mass is 19.1. The largest absolute Gasteiger partial charge is 0.317 e. The van der Waals surface area contributed by atoms with E-state index < -0.39 is 5.67 Å². The fourth-order valence-electron chi connectivity index (χ4n) is 2.71. The fourth-order valence-corrected chi connectivity index (χ4v) is 2.71. The fraction of sp³-hybridized carbons (Fsp3) is 1.00. The van der Waals surface area contributed by atoms with E-state index in [1.165, 1.54) is 25.9 Å². The van der Waals surface area contributed by atoms with Gasteiger partial charge in [0.25, 0.3) is 0 Å². The second-order valence-corrected chi connectivity index (χ2v) is 5.05. The van der Waals surface area contributed by atoms with E-state index in [1.54, 1.807) is 0 Å². The molecule has 2 aliphatic rings. The van der Waals surface area contributed by atoms with E-state index in [9.17, 15) is 4.39 Å². The molecule has 2 rings (SSSR count). The maximum Gasteiger partial charge on any atom is 0.113 e. The molecule has 0 aromatic heterocycles. The summed E-state index contributed by atoms with van der Waals surface area (Å²) in [6.45, 7) is 5.20. The summed E-state index contributed by atoms with van der Waals surface area (Å²) in [5.74, 6) is 0. The predicted octanol–water partition coefficient (Wildman–Crippen LogP) is 1.95. The zero-order chi connectivity index (χ0) is 10.6. The quantitative estimate of drug-likeness (QED) is 0.772. The Morgan fingerprint density at radius 1 is 1.07 bits per heavy atom. The van der Waals surface area contributed by atoms with Crippen LogP contribution in [0.1, 0.15) is 38.5 Å². The van der Waals surface area contributed by atoms with Crippen molar-refractivity contribution in [3.05, 3.63) is 0 Å². The number of hydrogen-bond donors (Lipinski definition) is 1. The van der Waals surface area contributed by atoms with E-state index in [-0.39, 0.29) is 0 Å². The average molecular weight is 214 g/mol. The Hall–Kier alpha value is -0.150. The van der Waals surface area contributed by atoms with Crippen LogP contribution in [0, 0.1) is 0 Å². The molecular formula is C12H23FN2. The Labute approximate surface area is 92.2 Å². The molecule has 2 nitrogen and oxygen atoms in total. The first kappa shape index (κ1) is 11.3. The van der Waals surface area contributed by atoms with Crippen molar-refractivity contribution in [2.45, 2.75) is 44.2 Å². The Morgan fingerprint density at radius 2 is 1.87 bits per heavy atom. The van der Waals surface area contributed by atoms with Gasteiger partial charge >= 0.3 is 0 Å². The van der Waals surface area contributed by atoms with Gasteiger partial charge in [0.1, 0.15) is 5.67 Å². The van der Waals surface area contributed by atoms with Crippen molar-refractivity contribution in [2.24, 2.45) is 0 Å². The highest BCUT2D eigenvalue weighted by Gasteiger charge is 2.30. The van der Waals surface area contributed by atoms with Gasteiger partial charge < -0.3 is 10.2 Å². The molecule has 3 heteroatoms. The van der Waals surface area contributed by atoms with Crippen LogP contribution in [0.3, 0.4) is 0 Å². The Morgan fingerprint density at radius 3 is 2.67 bits per heavy atom. The molecule has 2 saturated heterocycles. The van der Waals surface area contributed by atoms with Crippen LogP contribution in [0.5, 0.6) is 0 Å². The molecule has 0 spiro atoms. The third kappa shape index (κ3) is 3.42. The summed E-state index contributed by atoms with van der Waals surface area (Å²) in [5.41, 5.74) is -0.883. The summed E-state index contributed by atoms with van der Waals surface area (Å²) in [5, 5.41) is 3.28. The van der Waals surface area contributed by atoms with Gasteiger partial charge in [0.2, 0.25) is 0 Å². The van der Waals surface area contributed by atoms with Crippen molar-refractivity contribution in [3.8, 4) is 0 Å². The van der Waals surface area contributed by atoms with Crippen LogP contribution >= 0.6 is 0 Å². The lowest BCUT2D eigenvalue weighted by atomic mass is 9.93. The third-order valence-corrected chi connectivity index (χ3v) is 3.80. The Balaban J connectivity index is 1.75. The van der Waals surface area contributed by atoms with Crippen LogP contribution in [-0.4, -0.2) is 43.3 Å². The second kappa shape index (κ2) is 5.26. The first-order chi connectivity index (χ1) is 7.29. The number of rotatable bonds is 3. The SMILES string of the molecule is FC1(CCN2CCCC2)CCCNCC1. The van der Waals surface area contributed by atoms with E-state index in [4.69, 9.17) is 0 Å². The molecule has 1 unspecified atom stereocenters. The molecule has 0 aromatic rings. The zero-order valence-electron chi connectivity index (χ0n) is 9.60. The number of likely N-dealkylation sites (tertiary alicyclic amines) is 1. The lowest BCUT2D eigenvalue weighted by Crippen LogP contribution is -2.31. The molecule has 2 heterocycles. The second-order valence-electron chi connectivity index (χ2n) is 5.05. The minimum atomic E-state index is -0.883. The summed E-state index contributed by atoms with van der Waals surface area (Å²) in [6.07, 6.45) is 5.82. The summed E-state index contributed by atoms with van der Waals surface area (Å²) < 4.78 is 14.4. The molecule has 0 radical (unpaired) electrons. The van der Waals surface area contributed by atoms with Gasteiger partial charge in [0.15, 0.2) is 0 Å². The summed E-state index contributed by atoms with van der Waals surface area (Å²) >= 11 is 0. The van der Waals surface area contributed by atoms with Crippen LogP contribution in [-0.2, 0) is 0 Å². The number of hydrogen-bond acceptors (Lipinski definition) is 2. The number of alkyl halides is 1. The van der Waals surface area contributed by atoms with Crippen molar-refractivity contribution in [1.29, 1.82) is 0 Å². The molecule has 2 aliphatic heterocycles. The molecule has 1 N–H and O–H groups in total. The molecule has 0 aliphatic carbocycles. The minimum Gasteiger partial charge on any atom is -0.317 e. The van der Waals surface area contributed by atoms with Gasteiger partial charge in [-0.1, -0.05) is 0 Å². The third-order valence-electron chi connectivity index (χ3n) is 3.80. The van der Waals surface area contributed by atoms with Crippen LogP contribution in [0.25, 0.3) is 0 Å². The van der Waals surface area contributed by atoms with E-state index in [0.29, 0.717) is 6.42 Å². The topological polar surface area (TPSA) is 15.3 Å². The minimum absolute atomic E-state index is 0.709. The van der Waals surface area contributed by atoms with Crippen molar-refractivity contribution in [1.82, 2.24) is 10.2 Å². The van der Waals surface area contributed by atoms with E-state index in [1.807, 2.05) is 0 Å². The standard InChI is InChI=1S/C12H23FN2/c13-12(4-3-7-14-8-5-12)6-11-15-9-1-2-10-15/h14H,1-11H2. The first-order valence-corrected chi connectivity index (χ1v) is 6.41. The van der Waals surface area contributed by atoms with E-state index >= 15 is 0 Å². The van der Waals surface area contributed by atoms with Gasteiger partial charge in [0.05, 0.1) is 0 Å². The van der Waals surface area contributed by atoms with Gasteiger partial charge in [-0.3, -0.25) is 0 Å². The summed E-state index contributed by atoms with van der Waals surface area (Å²) in [4.78, 5) is 2.42. The normalized spacial score (nSPS) is 34.2. The molecule has 0 bridgehead atoms. The van der Waals surface area contributed by atoms with Gasteiger partial charge in [-0.15, -0.1) is 0 Å². The number of nitrogens with zero attached hydrogens (tertiary/aromatic N) is 1. The van der Waals surface area contributed by atoms with Crippen LogP contribution < -0.4 is 5.32 Å². The molecule has 15 heavy (non-hydrogen) atoms. The maximum atomic E-state index is 14.4. The van der Waals surface area contributed by atoms with Gasteiger partial charge in [0, 0.05) is 6.54 Å². The average Bonchev–Trinajstić information content (AvgIpc) is 2.65. The van der Waals surface area contributed by atoms with Crippen LogP contribution in [0.15, 0.2) is 0 Å². The van der Waals surface area contributed by atoms with Crippen molar-refractivity contribution >= 4 is 0 Å². The summed E-state index contributed by atoms with van der Waals surface area (Å²) in [7, 11) is 0. The zero-order valence-corrected chi connectivity index (χ0v) is 9.60. The van der Waals surface area contributed by atoms with Crippen molar-refractivity contribution in [3.63, 3.8) is 0 Å². The van der Waals surface area contributed by atoms with Crippen molar-refractivity contribution < 1.29 is 4.39 Å². The van der Waals surface area contributed by atoms with Crippen molar-refractivity contribution in [2.75, 3.05) is 32.7 Å². The highest BCUT2D eigenvalue weighted by Crippen LogP contribution is 2.28. The van der Waals surface area contributed by atoms with E-state index in [0.717, 1.165) is 38.9 Å². The van der Waals surface area contributed by atoms with Gasteiger partial charge in [-0.05, 0) is 64.7 Å². The lowest BCUT2D eigenvalue weighted by Gasteiger charge is -2.26. The molecule has 0 aromatic carbocycles. The van der Waals surface area contributed by atoms with Gasteiger partial charge in [-0.2, -0.15) is 0 Å². The van der Waals surface area contributed by atoms with E-state index in [2.05, 4.69) is 10.2 Å².